The Bertz CT molecular complexity index is 528. The minimum atomic E-state index is 0.580. The number of hydrogen-bond acceptors (Lipinski definition) is 3. The van der Waals surface area contributed by atoms with E-state index in [2.05, 4.69) is 42.1 Å². The molecule has 0 unspecified atom stereocenters. The van der Waals surface area contributed by atoms with Crippen LogP contribution in [0.5, 0.6) is 0 Å². The number of hydrogen-bond donors (Lipinski definition) is 1. The average Bonchev–Trinajstić information content (AvgIpc) is 2.64. The summed E-state index contributed by atoms with van der Waals surface area (Å²) in [7, 11) is 0. The molecule has 0 aliphatic heterocycles. The first kappa shape index (κ1) is 11.8. The minimum absolute atomic E-state index is 0.580. The Hall–Kier alpha value is -1.68. The van der Waals surface area contributed by atoms with Gasteiger partial charge in [0, 0.05) is 6.42 Å². The van der Waals surface area contributed by atoms with Crippen molar-refractivity contribution in [3.05, 3.63) is 41.0 Å². The van der Waals surface area contributed by atoms with Crippen molar-refractivity contribution in [2.24, 2.45) is 5.73 Å². The van der Waals surface area contributed by atoms with E-state index in [0.29, 0.717) is 6.54 Å². The van der Waals surface area contributed by atoms with Gasteiger partial charge < -0.3 is 5.73 Å². The van der Waals surface area contributed by atoms with Gasteiger partial charge >= 0.3 is 0 Å². The first-order chi connectivity index (χ1) is 8.11. The predicted molar refractivity (Wildman–Crippen MR) is 68.3 cm³/mol. The molecule has 0 aliphatic rings. The molecule has 1 aromatic carbocycles. The molecule has 1 heterocycles. The van der Waals surface area contributed by atoms with Crippen LogP contribution in [0.3, 0.4) is 0 Å². The van der Waals surface area contributed by atoms with Crippen molar-refractivity contribution in [1.82, 2.24) is 14.8 Å². The number of benzene rings is 1. The molecule has 0 atom stereocenters. The van der Waals surface area contributed by atoms with Gasteiger partial charge in [0.2, 0.25) is 0 Å². The van der Waals surface area contributed by atoms with E-state index in [-0.39, 0.29) is 0 Å². The fourth-order valence-electron chi connectivity index (χ4n) is 1.86. The first-order valence-corrected chi connectivity index (χ1v) is 5.82. The Balaban J connectivity index is 2.48. The molecule has 1 aromatic heterocycles. The topological polar surface area (TPSA) is 56.7 Å². The summed E-state index contributed by atoms with van der Waals surface area (Å²) in [4.78, 5) is 4.42. The van der Waals surface area contributed by atoms with Crippen molar-refractivity contribution in [2.45, 2.75) is 27.2 Å². The Morgan fingerprint density at radius 2 is 2.00 bits per heavy atom. The van der Waals surface area contributed by atoms with Crippen molar-refractivity contribution in [3.8, 4) is 5.69 Å². The minimum Gasteiger partial charge on any atom is -0.330 e. The summed E-state index contributed by atoms with van der Waals surface area (Å²) < 4.78 is 1.90. The third-order valence-corrected chi connectivity index (χ3v) is 2.77. The molecule has 4 heteroatoms. The molecule has 0 saturated heterocycles. The zero-order valence-electron chi connectivity index (χ0n) is 10.6. The van der Waals surface area contributed by atoms with Crippen LogP contribution >= 0.6 is 0 Å². The number of aryl methyl sites for hydroxylation is 3. The molecule has 0 spiro atoms. The van der Waals surface area contributed by atoms with Gasteiger partial charge in [-0.25, -0.2) is 9.67 Å². The molecule has 4 nitrogen and oxygen atoms in total. The fraction of sp³-hybridized carbons (Fsp3) is 0.385. The summed E-state index contributed by atoms with van der Waals surface area (Å²) in [5.41, 5.74) is 9.04. The molecule has 0 fully saturated rings. The molecule has 0 radical (unpaired) electrons. The van der Waals surface area contributed by atoms with Gasteiger partial charge in [0.25, 0.3) is 0 Å². The third kappa shape index (κ3) is 2.36. The van der Waals surface area contributed by atoms with Crippen molar-refractivity contribution in [3.63, 3.8) is 0 Å². The maximum atomic E-state index is 5.52. The molecule has 0 aliphatic carbocycles. The van der Waals surface area contributed by atoms with E-state index in [1.807, 2.05) is 11.6 Å². The zero-order chi connectivity index (χ0) is 12.4. The van der Waals surface area contributed by atoms with Crippen LogP contribution < -0.4 is 5.73 Å². The van der Waals surface area contributed by atoms with Crippen LogP contribution in [0.1, 0.15) is 22.8 Å². The zero-order valence-corrected chi connectivity index (χ0v) is 10.6. The van der Waals surface area contributed by atoms with Crippen LogP contribution in [0, 0.1) is 20.8 Å². The largest absolute Gasteiger partial charge is 0.330 e. The van der Waals surface area contributed by atoms with Gasteiger partial charge in [-0.3, -0.25) is 0 Å². The number of nitrogens with zero attached hydrogens (tertiary/aromatic N) is 3. The summed E-state index contributed by atoms with van der Waals surface area (Å²) in [6.45, 7) is 6.71. The van der Waals surface area contributed by atoms with E-state index < -0.39 is 0 Å². The highest BCUT2D eigenvalue weighted by Gasteiger charge is 2.09. The molecule has 90 valence electrons. The molecule has 0 saturated carbocycles. The third-order valence-electron chi connectivity index (χ3n) is 2.77. The lowest BCUT2D eigenvalue weighted by Crippen LogP contribution is -2.05. The standard InChI is InChI=1S/C13H18N4/c1-9-4-5-10(2)12(8-9)17-11(3)15-13(16-17)6-7-14/h4-5,8H,6-7,14H2,1-3H3. The molecule has 0 amide bonds. The Labute approximate surface area is 101 Å². The molecule has 17 heavy (non-hydrogen) atoms. The summed E-state index contributed by atoms with van der Waals surface area (Å²) in [5.74, 6) is 1.72. The van der Waals surface area contributed by atoms with E-state index in [9.17, 15) is 0 Å². The number of rotatable bonds is 3. The van der Waals surface area contributed by atoms with E-state index >= 15 is 0 Å². The Morgan fingerprint density at radius 3 is 2.71 bits per heavy atom. The van der Waals surface area contributed by atoms with Crippen LogP contribution in [0.15, 0.2) is 18.2 Å². The van der Waals surface area contributed by atoms with Gasteiger partial charge in [0.1, 0.15) is 5.82 Å². The van der Waals surface area contributed by atoms with Crippen LogP contribution in [0.2, 0.25) is 0 Å². The van der Waals surface area contributed by atoms with Gasteiger partial charge in [-0.15, -0.1) is 0 Å². The second kappa shape index (κ2) is 4.67. The van der Waals surface area contributed by atoms with Crippen molar-refractivity contribution < 1.29 is 0 Å². The normalized spacial score (nSPS) is 10.8. The van der Waals surface area contributed by atoms with E-state index in [4.69, 9.17) is 5.73 Å². The molecule has 2 rings (SSSR count). The average molecular weight is 230 g/mol. The van der Waals surface area contributed by atoms with Crippen LogP contribution in [0.4, 0.5) is 0 Å². The second-order valence-electron chi connectivity index (χ2n) is 4.32. The predicted octanol–water partition coefficient (Wildman–Crippen LogP) is 1.69. The lowest BCUT2D eigenvalue weighted by Gasteiger charge is -2.07. The summed E-state index contributed by atoms with van der Waals surface area (Å²) in [5, 5.41) is 4.50. The van der Waals surface area contributed by atoms with Crippen LogP contribution in [-0.2, 0) is 6.42 Å². The summed E-state index contributed by atoms with van der Waals surface area (Å²) in [6, 6.07) is 6.34. The highest BCUT2D eigenvalue weighted by atomic mass is 15.3. The maximum Gasteiger partial charge on any atom is 0.152 e. The first-order valence-electron chi connectivity index (χ1n) is 5.82. The highest BCUT2D eigenvalue weighted by molar-refractivity contribution is 5.42. The molecule has 2 aromatic rings. The Morgan fingerprint density at radius 1 is 1.24 bits per heavy atom. The number of nitrogens with two attached hydrogens (primary N) is 1. The Kier molecular flexibility index (Phi) is 3.24. The van der Waals surface area contributed by atoms with Crippen molar-refractivity contribution >= 4 is 0 Å². The van der Waals surface area contributed by atoms with Crippen molar-refractivity contribution in [1.29, 1.82) is 0 Å². The highest BCUT2D eigenvalue weighted by Crippen LogP contribution is 2.16. The van der Waals surface area contributed by atoms with Gasteiger partial charge in [0.05, 0.1) is 5.69 Å². The van der Waals surface area contributed by atoms with Gasteiger partial charge in [0.15, 0.2) is 5.82 Å². The summed E-state index contributed by atoms with van der Waals surface area (Å²) in [6.07, 6.45) is 0.721. The SMILES string of the molecule is Cc1ccc(C)c(-n2nc(CCN)nc2C)c1. The fourth-order valence-corrected chi connectivity index (χ4v) is 1.86. The lowest BCUT2D eigenvalue weighted by molar-refractivity contribution is 0.799. The van der Waals surface area contributed by atoms with Crippen LogP contribution in [-0.4, -0.2) is 21.3 Å². The number of aromatic nitrogens is 3. The van der Waals surface area contributed by atoms with Gasteiger partial charge in [-0.2, -0.15) is 5.10 Å². The molecule has 0 bridgehead atoms. The van der Waals surface area contributed by atoms with Gasteiger partial charge in [-0.05, 0) is 44.5 Å². The quantitative estimate of drug-likeness (QED) is 0.873. The second-order valence-corrected chi connectivity index (χ2v) is 4.32. The van der Waals surface area contributed by atoms with Gasteiger partial charge in [-0.1, -0.05) is 12.1 Å². The van der Waals surface area contributed by atoms with E-state index in [1.54, 1.807) is 0 Å². The monoisotopic (exact) mass is 230 g/mol. The van der Waals surface area contributed by atoms with Crippen LogP contribution in [0.25, 0.3) is 5.69 Å². The lowest BCUT2D eigenvalue weighted by atomic mass is 10.1. The smallest absolute Gasteiger partial charge is 0.152 e. The maximum absolute atomic E-state index is 5.52. The van der Waals surface area contributed by atoms with Crippen molar-refractivity contribution in [2.75, 3.05) is 6.54 Å². The molecular weight excluding hydrogens is 212 g/mol. The molecule has 2 N–H and O–H groups in total. The molecular formula is C13H18N4. The summed E-state index contributed by atoms with van der Waals surface area (Å²) >= 11 is 0. The van der Waals surface area contributed by atoms with E-state index in [1.165, 1.54) is 11.1 Å². The van der Waals surface area contributed by atoms with E-state index in [0.717, 1.165) is 23.8 Å².